The second-order valence-electron chi connectivity index (χ2n) is 13.8. The molecule has 0 bridgehead atoms. The van der Waals surface area contributed by atoms with Gasteiger partial charge in [0.2, 0.25) is 0 Å². The molecule has 0 fully saturated rings. The molecular formula is C50H30N4O. The molecule has 5 heterocycles. The maximum absolute atomic E-state index is 6.72. The van der Waals surface area contributed by atoms with Gasteiger partial charge < -0.3 is 4.42 Å². The number of hydrogen-bond donors (Lipinski definition) is 0. The molecule has 0 atom stereocenters. The Morgan fingerprint density at radius 1 is 0.382 bits per heavy atom. The summed E-state index contributed by atoms with van der Waals surface area (Å²) in [4.78, 5) is 19.5. The zero-order valence-corrected chi connectivity index (χ0v) is 29.5. The van der Waals surface area contributed by atoms with Crippen LogP contribution in [0.15, 0.2) is 187 Å². The summed E-state index contributed by atoms with van der Waals surface area (Å²) in [5.41, 5.74) is 12.1. The van der Waals surface area contributed by atoms with Gasteiger partial charge in [-0.3, -0.25) is 9.97 Å². The molecule has 0 radical (unpaired) electrons. The molecule has 0 N–H and O–H groups in total. The molecule has 6 aromatic carbocycles. The van der Waals surface area contributed by atoms with Crippen molar-refractivity contribution in [1.82, 2.24) is 19.9 Å². The third-order valence-electron chi connectivity index (χ3n) is 10.6. The third-order valence-corrected chi connectivity index (χ3v) is 10.6. The minimum atomic E-state index is 0.798. The summed E-state index contributed by atoms with van der Waals surface area (Å²) >= 11 is 0. The van der Waals surface area contributed by atoms with Crippen molar-refractivity contribution in [3.63, 3.8) is 0 Å². The van der Waals surface area contributed by atoms with E-state index in [9.17, 15) is 0 Å². The highest BCUT2D eigenvalue weighted by atomic mass is 16.3. The van der Waals surface area contributed by atoms with Crippen LogP contribution in [0.1, 0.15) is 0 Å². The lowest BCUT2D eigenvalue weighted by atomic mass is 9.93. The van der Waals surface area contributed by atoms with E-state index in [-0.39, 0.29) is 0 Å². The van der Waals surface area contributed by atoms with E-state index < -0.39 is 0 Å². The molecule has 0 aliphatic heterocycles. The highest BCUT2D eigenvalue weighted by Crippen LogP contribution is 2.43. The normalized spacial score (nSPS) is 11.6. The quantitative estimate of drug-likeness (QED) is 0.167. The summed E-state index contributed by atoms with van der Waals surface area (Å²) in [5, 5.41) is 7.97. The number of benzene rings is 6. The van der Waals surface area contributed by atoms with Crippen molar-refractivity contribution in [2.75, 3.05) is 0 Å². The summed E-state index contributed by atoms with van der Waals surface area (Å²) in [6, 6.07) is 59.0. The number of furan rings is 1. The maximum Gasteiger partial charge on any atom is 0.162 e. The van der Waals surface area contributed by atoms with Gasteiger partial charge in [0.15, 0.2) is 5.58 Å². The average molecular weight is 703 g/mol. The topological polar surface area (TPSA) is 64.7 Å². The predicted molar refractivity (Wildman–Crippen MR) is 225 cm³/mol. The van der Waals surface area contributed by atoms with Crippen LogP contribution in [-0.4, -0.2) is 19.9 Å². The van der Waals surface area contributed by atoms with Crippen molar-refractivity contribution in [1.29, 1.82) is 0 Å². The first-order chi connectivity index (χ1) is 27.2. The van der Waals surface area contributed by atoms with Crippen LogP contribution >= 0.6 is 0 Å². The largest absolute Gasteiger partial charge is 0.454 e. The van der Waals surface area contributed by atoms with Crippen LogP contribution in [0, 0.1) is 0 Å². The van der Waals surface area contributed by atoms with Gasteiger partial charge in [0.05, 0.1) is 28.3 Å². The second-order valence-corrected chi connectivity index (χ2v) is 13.8. The van der Waals surface area contributed by atoms with Gasteiger partial charge in [-0.15, -0.1) is 0 Å². The summed E-state index contributed by atoms with van der Waals surface area (Å²) < 4.78 is 6.72. The molecular weight excluding hydrogens is 673 g/mol. The molecule has 0 amide bonds. The first-order valence-electron chi connectivity index (χ1n) is 18.4. The molecule has 5 aromatic heterocycles. The highest BCUT2D eigenvalue weighted by Gasteiger charge is 2.20. The fraction of sp³-hybridized carbons (Fsp3) is 0. The van der Waals surface area contributed by atoms with Crippen LogP contribution in [0.3, 0.4) is 0 Å². The first-order valence-corrected chi connectivity index (χ1v) is 18.4. The van der Waals surface area contributed by atoms with Crippen LogP contribution in [0.2, 0.25) is 0 Å². The number of para-hydroxylation sites is 1. The lowest BCUT2D eigenvalue weighted by molar-refractivity contribution is 0.669. The monoisotopic (exact) mass is 702 g/mol. The van der Waals surface area contributed by atoms with E-state index in [1.807, 2.05) is 48.5 Å². The Bertz CT molecular complexity index is 3190. The number of hydrogen-bond acceptors (Lipinski definition) is 5. The Hall–Kier alpha value is -7.50. The van der Waals surface area contributed by atoms with Gasteiger partial charge in [-0.25, -0.2) is 9.97 Å². The van der Waals surface area contributed by atoms with Crippen molar-refractivity contribution in [2.24, 2.45) is 0 Å². The predicted octanol–water partition coefficient (Wildman–Crippen LogP) is 13.0. The van der Waals surface area contributed by atoms with Gasteiger partial charge in [0.1, 0.15) is 11.3 Å². The molecule has 0 saturated heterocycles. The first kappa shape index (κ1) is 31.1. The molecule has 0 aliphatic rings. The molecule has 0 unspecified atom stereocenters. The van der Waals surface area contributed by atoms with Crippen molar-refractivity contribution in [3.8, 4) is 56.3 Å². The molecule has 0 aliphatic carbocycles. The number of fused-ring (bicyclic) bond motifs is 8. The second kappa shape index (κ2) is 12.6. The van der Waals surface area contributed by atoms with Crippen LogP contribution in [0.4, 0.5) is 0 Å². The van der Waals surface area contributed by atoms with Crippen molar-refractivity contribution in [3.05, 3.63) is 182 Å². The van der Waals surface area contributed by atoms with Crippen LogP contribution in [0.5, 0.6) is 0 Å². The molecule has 11 aromatic rings. The highest BCUT2D eigenvalue weighted by molar-refractivity contribution is 6.23. The summed E-state index contributed by atoms with van der Waals surface area (Å²) in [5.74, 6) is 0. The Balaban J connectivity index is 1.06. The van der Waals surface area contributed by atoms with Crippen molar-refractivity contribution < 1.29 is 4.42 Å². The SMILES string of the molecule is c1ccc(-c2cc(-c3ccc(-c4ccc5nc(-c6cc7ccccc7c7ccccc67)c6oc7ccccc7c6c5c4)cc3)cc(-c3ccccn3)n2)nc1. The minimum absolute atomic E-state index is 0.798. The van der Waals surface area contributed by atoms with Crippen LogP contribution in [-0.2, 0) is 0 Å². The van der Waals surface area contributed by atoms with Crippen LogP contribution < -0.4 is 0 Å². The number of rotatable bonds is 5. The zero-order chi connectivity index (χ0) is 36.3. The standard InChI is InChI=1S/C50H30N4O/c1-2-12-36-34(11-1)28-40(38-14-4-3-13-37(36)38)49-50-48(39-15-5-6-18-47(39)55-50)41-27-33(23-24-42(41)54-49)31-19-21-32(22-20-31)35-29-45(43-16-7-9-25-51-43)53-46(30-35)44-17-8-10-26-52-44/h1-30H. The molecule has 55 heavy (non-hydrogen) atoms. The average Bonchev–Trinajstić information content (AvgIpc) is 3.66. The van der Waals surface area contributed by atoms with E-state index in [0.29, 0.717) is 0 Å². The lowest BCUT2D eigenvalue weighted by Gasteiger charge is -2.13. The van der Waals surface area contributed by atoms with Crippen molar-refractivity contribution >= 4 is 54.4 Å². The molecule has 256 valence electrons. The number of pyridine rings is 4. The Morgan fingerprint density at radius 3 is 1.69 bits per heavy atom. The number of nitrogens with zero attached hydrogens (tertiary/aromatic N) is 4. The number of aromatic nitrogens is 4. The smallest absolute Gasteiger partial charge is 0.162 e. The van der Waals surface area contributed by atoms with E-state index in [2.05, 4.69) is 131 Å². The van der Waals surface area contributed by atoms with E-state index in [1.54, 1.807) is 12.4 Å². The minimum Gasteiger partial charge on any atom is -0.454 e. The third kappa shape index (κ3) is 5.24. The lowest BCUT2D eigenvalue weighted by Crippen LogP contribution is -1.94. The van der Waals surface area contributed by atoms with Gasteiger partial charge in [0.25, 0.3) is 0 Å². The fourth-order valence-corrected chi connectivity index (χ4v) is 7.94. The molecule has 0 saturated carbocycles. The zero-order valence-electron chi connectivity index (χ0n) is 29.5. The Kier molecular flexibility index (Phi) is 7.10. The van der Waals surface area contributed by atoms with Gasteiger partial charge in [-0.05, 0) is 104 Å². The summed E-state index contributed by atoms with van der Waals surface area (Å²) in [6.45, 7) is 0. The molecule has 5 nitrogen and oxygen atoms in total. The molecule has 11 rings (SSSR count). The maximum atomic E-state index is 6.72. The Labute approximate surface area is 316 Å². The van der Waals surface area contributed by atoms with Gasteiger partial charge >= 0.3 is 0 Å². The van der Waals surface area contributed by atoms with E-state index in [1.165, 1.54) is 16.2 Å². The van der Waals surface area contributed by atoms with Gasteiger partial charge in [-0.2, -0.15) is 0 Å². The fourth-order valence-electron chi connectivity index (χ4n) is 7.94. The van der Waals surface area contributed by atoms with E-state index in [4.69, 9.17) is 14.4 Å². The van der Waals surface area contributed by atoms with Crippen LogP contribution in [0.25, 0.3) is 111 Å². The summed E-state index contributed by atoms with van der Waals surface area (Å²) in [7, 11) is 0. The van der Waals surface area contributed by atoms with E-state index >= 15 is 0 Å². The van der Waals surface area contributed by atoms with Gasteiger partial charge in [-0.1, -0.05) is 109 Å². The summed E-state index contributed by atoms with van der Waals surface area (Å²) in [6.07, 6.45) is 3.59. The molecule has 0 spiro atoms. The van der Waals surface area contributed by atoms with Crippen molar-refractivity contribution in [2.45, 2.75) is 0 Å². The van der Waals surface area contributed by atoms with E-state index in [0.717, 1.165) is 94.5 Å². The molecule has 5 heteroatoms. The Morgan fingerprint density at radius 2 is 0.982 bits per heavy atom. The van der Waals surface area contributed by atoms with Gasteiger partial charge in [0, 0.05) is 34.1 Å².